The third kappa shape index (κ3) is 3.92. The number of hydrogen-bond donors (Lipinski definition) is 2. The quantitative estimate of drug-likeness (QED) is 0.357. The van der Waals surface area contributed by atoms with Crippen molar-refractivity contribution in [1.82, 2.24) is 35.2 Å². The number of likely N-dealkylation sites (N-methyl/N-ethyl adjacent to an activating group) is 1. The number of nitrogens with zero attached hydrogens (tertiary/aromatic N) is 6. The molecule has 0 unspecified atom stereocenters. The maximum atomic E-state index is 5.54. The van der Waals surface area contributed by atoms with Crippen molar-refractivity contribution >= 4 is 38.4 Å². The summed E-state index contributed by atoms with van der Waals surface area (Å²) in [6, 6.07) is 9.60. The normalized spacial score (nSPS) is 19.9. The summed E-state index contributed by atoms with van der Waals surface area (Å²) in [6.45, 7) is 6.90. The largest absolute Gasteiger partial charge is 0.370 e. The second-order valence-electron chi connectivity index (χ2n) is 11.8. The second-order valence-corrected chi connectivity index (χ2v) is 11.8. The van der Waals surface area contributed by atoms with E-state index < -0.39 is 0 Å². The first-order valence-corrected chi connectivity index (χ1v) is 14.7. The molecule has 2 aliphatic heterocycles. The molecule has 0 spiro atoms. The van der Waals surface area contributed by atoms with E-state index in [-0.39, 0.29) is 0 Å². The fourth-order valence-corrected chi connectivity index (χ4v) is 7.34. The van der Waals surface area contributed by atoms with Crippen molar-refractivity contribution in [2.45, 2.75) is 44.6 Å². The second kappa shape index (κ2) is 9.31. The third-order valence-corrected chi connectivity index (χ3v) is 9.55. The Bertz CT molecular complexity index is 1670. The van der Waals surface area contributed by atoms with Crippen LogP contribution in [0.3, 0.4) is 0 Å². The number of anilines is 1. The van der Waals surface area contributed by atoms with Gasteiger partial charge in [-0.25, -0.2) is 4.98 Å². The van der Waals surface area contributed by atoms with Crippen molar-refractivity contribution in [3.63, 3.8) is 0 Å². The van der Waals surface area contributed by atoms with Crippen molar-refractivity contribution < 1.29 is 0 Å². The number of pyridine rings is 1. The molecule has 3 aromatic heterocycles. The number of nitrogens with one attached hydrogen (secondary N) is 2. The average molecular weight is 521 g/mol. The summed E-state index contributed by atoms with van der Waals surface area (Å²) < 4.78 is 0. The van der Waals surface area contributed by atoms with Gasteiger partial charge in [-0.05, 0) is 74.9 Å². The summed E-state index contributed by atoms with van der Waals surface area (Å²) in [7, 11) is 2.24. The van der Waals surface area contributed by atoms with Gasteiger partial charge in [0, 0.05) is 67.0 Å². The van der Waals surface area contributed by atoms with Crippen LogP contribution in [-0.2, 0) is 12.8 Å². The molecule has 5 aromatic rings. The highest BCUT2D eigenvalue weighted by Gasteiger charge is 2.29. The number of hydrogen-bond acceptors (Lipinski definition) is 6. The highest BCUT2D eigenvalue weighted by Crippen LogP contribution is 2.42. The molecule has 39 heavy (non-hydrogen) atoms. The standard InChI is InChI=1S/C31H36N8/c1-37-12-14-38(15-13-37)22-8-10-39(11-9-22)28-17-27-25(19-33-36-27)29-23-4-2-3-5-24(23)30(34-31(28)29)20-6-7-26-21(16-20)18-32-35-26/h6-7,16-19,22H,2-5,8-15H2,1H3,(H,32,35)(H,33,36). The van der Waals surface area contributed by atoms with E-state index in [1.54, 1.807) is 0 Å². The molecule has 0 radical (unpaired) electrons. The van der Waals surface area contributed by atoms with E-state index >= 15 is 0 Å². The minimum absolute atomic E-state index is 0.690. The Kier molecular flexibility index (Phi) is 5.59. The number of aromatic amines is 2. The van der Waals surface area contributed by atoms with E-state index in [4.69, 9.17) is 4.98 Å². The van der Waals surface area contributed by atoms with Crippen LogP contribution in [0.1, 0.15) is 36.8 Å². The van der Waals surface area contributed by atoms with Gasteiger partial charge in [-0.15, -0.1) is 0 Å². The van der Waals surface area contributed by atoms with Gasteiger partial charge in [0.05, 0.1) is 40.3 Å². The number of piperidine rings is 1. The first-order chi connectivity index (χ1) is 19.2. The SMILES string of the molecule is CN1CCN(C2CCN(c3cc4[nH]ncc4c4c5c(c(-c6ccc7[nH]ncc7c6)nc34)CCCC5)CC2)CC1. The molecular weight excluding hydrogens is 484 g/mol. The molecule has 0 amide bonds. The van der Waals surface area contributed by atoms with Crippen molar-refractivity contribution in [3.05, 3.63) is 47.8 Å². The van der Waals surface area contributed by atoms with Gasteiger partial charge < -0.3 is 9.80 Å². The van der Waals surface area contributed by atoms with Crippen molar-refractivity contribution in [1.29, 1.82) is 0 Å². The van der Waals surface area contributed by atoms with Gasteiger partial charge in [-0.2, -0.15) is 10.2 Å². The molecule has 0 saturated carbocycles. The summed E-state index contributed by atoms with van der Waals surface area (Å²) in [4.78, 5) is 13.3. The lowest BCUT2D eigenvalue weighted by Gasteiger charge is -2.42. The Hall–Kier alpha value is -3.49. The molecule has 8 heteroatoms. The highest BCUT2D eigenvalue weighted by molar-refractivity contribution is 6.13. The highest BCUT2D eigenvalue weighted by atomic mass is 15.3. The summed E-state index contributed by atoms with van der Waals surface area (Å²) in [5, 5.41) is 18.8. The maximum absolute atomic E-state index is 5.54. The molecule has 2 saturated heterocycles. The number of piperazine rings is 1. The van der Waals surface area contributed by atoms with Crippen LogP contribution in [0.4, 0.5) is 5.69 Å². The number of rotatable bonds is 3. The summed E-state index contributed by atoms with van der Waals surface area (Å²) in [5.74, 6) is 0. The van der Waals surface area contributed by atoms with Crippen LogP contribution in [0.2, 0.25) is 0 Å². The van der Waals surface area contributed by atoms with Crippen LogP contribution in [0, 0.1) is 0 Å². The molecule has 2 N–H and O–H groups in total. The van der Waals surface area contributed by atoms with Gasteiger partial charge in [-0.3, -0.25) is 15.1 Å². The van der Waals surface area contributed by atoms with E-state index in [1.807, 2.05) is 12.4 Å². The topological polar surface area (TPSA) is 80.0 Å². The predicted octanol–water partition coefficient (Wildman–Crippen LogP) is 4.75. The smallest absolute Gasteiger partial charge is 0.0954 e. The van der Waals surface area contributed by atoms with Gasteiger partial charge in [0.1, 0.15) is 0 Å². The molecule has 3 aliphatic rings. The lowest BCUT2D eigenvalue weighted by Crippen LogP contribution is -2.52. The Morgan fingerprint density at radius 3 is 2.44 bits per heavy atom. The third-order valence-electron chi connectivity index (χ3n) is 9.55. The van der Waals surface area contributed by atoms with Crippen LogP contribution >= 0.6 is 0 Å². The zero-order valence-corrected chi connectivity index (χ0v) is 22.7. The van der Waals surface area contributed by atoms with Crippen LogP contribution in [-0.4, -0.2) is 87.5 Å². The molecule has 8 nitrogen and oxygen atoms in total. The minimum Gasteiger partial charge on any atom is -0.370 e. The Balaban J connectivity index is 1.24. The summed E-state index contributed by atoms with van der Waals surface area (Å²) in [5.41, 5.74) is 9.84. The van der Waals surface area contributed by atoms with Crippen molar-refractivity contribution in [2.24, 2.45) is 0 Å². The van der Waals surface area contributed by atoms with E-state index in [1.165, 1.54) is 85.0 Å². The minimum atomic E-state index is 0.690. The van der Waals surface area contributed by atoms with Crippen LogP contribution in [0.15, 0.2) is 36.7 Å². The number of benzene rings is 2. The fraction of sp³-hybridized carbons (Fsp3) is 0.452. The van der Waals surface area contributed by atoms with Crippen LogP contribution < -0.4 is 4.90 Å². The molecule has 2 fully saturated rings. The Morgan fingerprint density at radius 1 is 0.821 bits per heavy atom. The number of aromatic nitrogens is 5. The lowest BCUT2D eigenvalue weighted by molar-refractivity contribution is 0.0982. The molecule has 200 valence electrons. The van der Waals surface area contributed by atoms with E-state index in [9.17, 15) is 0 Å². The Morgan fingerprint density at radius 2 is 1.59 bits per heavy atom. The Labute approximate surface area is 228 Å². The van der Waals surface area contributed by atoms with Gasteiger partial charge in [0.15, 0.2) is 0 Å². The molecule has 0 bridgehead atoms. The zero-order chi connectivity index (χ0) is 25.9. The fourth-order valence-electron chi connectivity index (χ4n) is 7.34. The molecule has 8 rings (SSSR count). The monoisotopic (exact) mass is 520 g/mol. The number of aryl methyl sites for hydroxylation is 1. The van der Waals surface area contributed by atoms with Crippen LogP contribution in [0.25, 0.3) is 44.0 Å². The van der Waals surface area contributed by atoms with E-state index in [0.717, 1.165) is 53.6 Å². The summed E-state index contributed by atoms with van der Waals surface area (Å²) >= 11 is 0. The van der Waals surface area contributed by atoms with Gasteiger partial charge >= 0.3 is 0 Å². The van der Waals surface area contributed by atoms with E-state index in [2.05, 4.69) is 66.4 Å². The van der Waals surface area contributed by atoms with Gasteiger partial charge in [0.2, 0.25) is 0 Å². The predicted molar refractivity (Wildman–Crippen MR) is 157 cm³/mol. The van der Waals surface area contributed by atoms with Crippen molar-refractivity contribution in [3.8, 4) is 11.3 Å². The maximum Gasteiger partial charge on any atom is 0.0954 e. The van der Waals surface area contributed by atoms with E-state index in [0.29, 0.717) is 6.04 Å². The lowest BCUT2D eigenvalue weighted by atomic mass is 9.85. The van der Waals surface area contributed by atoms with Gasteiger partial charge in [0.25, 0.3) is 0 Å². The number of fused-ring (bicyclic) bond motifs is 6. The molecule has 2 aromatic carbocycles. The van der Waals surface area contributed by atoms with Crippen molar-refractivity contribution in [2.75, 3.05) is 51.2 Å². The number of H-pyrrole nitrogens is 2. The molecular formula is C31H36N8. The first kappa shape index (κ1) is 23.4. The van der Waals surface area contributed by atoms with Gasteiger partial charge in [-0.1, -0.05) is 6.07 Å². The molecule has 1 aliphatic carbocycles. The first-order valence-electron chi connectivity index (χ1n) is 14.7. The average Bonchev–Trinajstić information content (AvgIpc) is 3.66. The zero-order valence-electron chi connectivity index (χ0n) is 22.7. The molecule has 5 heterocycles. The summed E-state index contributed by atoms with van der Waals surface area (Å²) in [6.07, 6.45) is 11.0. The van der Waals surface area contributed by atoms with Crippen LogP contribution in [0.5, 0.6) is 0 Å². The molecule has 0 atom stereocenters.